The van der Waals surface area contributed by atoms with E-state index in [2.05, 4.69) is 10.3 Å². The van der Waals surface area contributed by atoms with Crippen molar-refractivity contribution in [3.63, 3.8) is 0 Å². The van der Waals surface area contributed by atoms with Gasteiger partial charge in [0.2, 0.25) is 0 Å². The maximum atomic E-state index is 12.2. The van der Waals surface area contributed by atoms with E-state index in [9.17, 15) is 14.7 Å². The van der Waals surface area contributed by atoms with E-state index in [1.165, 1.54) is 0 Å². The van der Waals surface area contributed by atoms with Gasteiger partial charge in [0.25, 0.3) is 5.91 Å². The van der Waals surface area contributed by atoms with Gasteiger partial charge >= 0.3 is 5.97 Å². The highest BCUT2D eigenvalue weighted by Crippen LogP contribution is 2.33. The number of rotatable bonds is 5. The van der Waals surface area contributed by atoms with E-state index in [4.69, 9.17) is 0 Å². The Hall–Kier alpha value is -2.43. The molecule has 5 nitrogen and oxygen atoms in total. The summed E-state index contributed by atoms with van der Waals surface area (Å²) in [6, 6.07) is 10.1. The summed E-state index contributed by atoms with van der Waals surface area (Å²) in [4.78, 5) is 27.7. The molecule has 0 aliphatic heterocycles. The maximum Gasteiger partial charge on any atom is 0.326 e. The second kappa shape index (κ2) is 5.52. The Morgan fingerprint density at radius 3 is 2.71 bits per heavy atom. The number of aromatic nitrogens is 1. The molecule has 1 unspecified atom stereocenters. The third-order valence-electron chi connectivity index (χ3n) is 3.70. The Bertz CT molecular complexity index is 695. The van der Waals surface area contributed by atoms with Gasteiger partial charge in [-0.3, -0.25) is 4.79 Å². The van der Waals surface area contributed by atoms with Crippen molar-refractivity contribution in [2.75, 3.05) is 0 Å². The Balaban J connectivity index is 1.77. The molecule has 1 aliphatic carbocycles. The van der Waals surface area contributed by atoms with Crippen LogP contribution in [0, 0.1) is 5.92 Å². The second-order valence-electron chi connectivity index (χ2n) is 5.43. The lowest BCUT2D eigenvalue weighted by atomic mass is 10.1. The first-order valence-corrected chi connectivity index (χ1v) is 7.03. The Labute approximate surface area is 122 Å². The summed E-state index contributed by atoms with van der Waals surface area (Å²) in [5, 5.41) is 12.7. The van der Waals surface area contributed by atoms with Crippen molar-refractivity contribution in [3.05, 3.63) is 42.1 Å². The van der Waals surface area contributed by atoms with Crippen molar-refractivity contribution in [1.82, 2.24) is 10.3 Å². The Morgan fingerprint density at radius 2 is 2.00 bits per heavy atom. The van der Waals surface area contributed by atoms with Gasteiger partial charge in [-0.05, 0) is 24.5 Å². The average Bonchev–Trinajstić information content (AvgIpc) is 3.30. The van der Waals surface area contributed by atoms with Crippen LogP contribution in [0.25, 0.3) is 10.9 Å². The van der Waals surface area contributed by atoms with Crippen LogP contribution in [-0.4, -0.2) is 28.0 Å². The van der Waals surface area contributed by atoms with Gasteiger partial charge < -0.3 is 10.4 Å². The van der Waals surface area contributed by atoms with E-state index in [0.717, 1.165) is 23.7 Å². The molecule has 21 heavy (non-hydrogen) atoms. The number of hydrogen-bond donors (Lipinski definition) is 2. The highest BCUT2D eigenvalue weighted by atomic mass is 16.4. The molecule has 2 aromatic rings. The number of pyridine rings is 1. The number of para-hydroxylation sites is 1. The molecule has 2 N–H and O–H groups in total. The smallest absolute Gasteiger partial charge is 0.326 e. The topological polar surface area (TPSA) is 79.3 Å². The summed E-state index contributed by atoms with van der Waals surface area (Å²) in [6.07, 6.45) is 2.59. The summed E-state index contributed by atoms with van der Waals surface area (Å²) >= 11 is 0. The monoisotopic (exact) mass is 284 g/mol. The number of carbonyl (C=O) groups excluding carboxylic acids is 1. The van der Waals surface area contributed by atoms with Crippen LogP contribution in [-0.2, 0) is 4.79 Å². The largest absolute Gasteiger partial charge is 0.480 e. The first-order chi connectivity index (χ1) is 10.1. The molecule has 1 aromatic carbocycles. The van der Waals surface area contributed by atoms with E-state index < -0.39 is 17.9 Å². The van der Waals surface area contributed by atoms with Gasteiger partial charge in [0.15, 0.2) is 0 Å². The lowest BCUT2D eigenvalue weighted by Gasteiger charge is -2.13. The standard InChI is InChI=1S/C16H16N2O3/c19-15(18-14(16(20)21)9-10-5-6-10)13-8-7-11-3-1-2-4-12(11)17-13/h1-4,7-8,10,14H,5-6,9H2,(H,18,19)(H,20,21). The molecule has 1 saturated carbocycles. The molecule has 1 aliphatic rings. The van der Waals surface area contributed by atoms with Crippen molar-refractivity contribution in [3.8, 4) is 0 Å². The van der Waals surface area contributed by atoms with Crippen LogP contribution in [0.15, 0.2) is 36.4 Å². The summed E-state index contributed by atoms with van der Waals surface area (Å²) in [5.41, 5.74) is 0.968. The second-order valence-corrected chi connectivity index (χ2v) is 5.43. The number of amides is 1. The molecule has 1 atom stereocenters. The fourth-order valence-corrected chi connectivity index (χ4v) is 2.33. The van der Waals surface area contributed by atoms with Gasteiger partial charge in [0, 0.05) is 5.39 Å². The van der Waals surface area contributed by atoms with Gasteiger partial charge in [-0.1, -0.05) is 37.1 Å². The van der Waals surface area contributed by atoms with E-state index >= 15 is 0 Å². The third kappa shape index (κ3) is 3.18. The minimum absolute atomic E-state index is 0.246. The number of benzene rings is 1. The van der Waals surface area contributed by atoms with E-state index in [0.29, 0.717) is 12.3 Å². The molecule has 1 heterocycles. The van der Waals surface area contributed by atoms with Gasteiger partial charge in [-0.15, -0.1) is 0 Å². The molecule has 1 fully saturated rings. The molecule has 0 spiro atoms. The van der Waals surface area contributed by atoms with Crippen molar-refractivity contribution >= 4 is 22.8 Å². The number of nitrogens with one attached hydrogen (secondary N) is 1. The Kier molecular flexibility index (Phi) is 3.56. The molecular formula is C16H16N2O3. The summed E-state index contributed by atoms with van der Waals surface area (Å²) in [5.74, 6) is -0.999. The number of hydrogen-bond acceptors (Lipinski definition) is 3. The SMILES string of the molecule is O=C(NC(CC1CC1)C(=O)O)c1ccc2ccccc2n1. The first kappa shape index (κ1) is 13.5. The van der Waals surface area contributed by atoms with Crippen molar-refractivity contribution in [1.29, 1.82) is 0 Å². The number of carbonyl (C=O) groups is 2. The summed E-state index contributed by atoms with van der Waals surface area (Å²) in [7, 11) is 0. The highest BCUT2D eigenvalue weighted by Gasteiger charge is 2.30. The highest BCUT2D eigenvalue weighted by molar-refractivity contribution is 5.96. The molecule has 5 heteroatoms. The maximum absolute atomic E-state index is 12.2. The van der Waals surface area contributed by atoms with Crippen LogP contribution >= 0.6 is 0 Å². The van der Waals surface area contributed by atoms with Crippen LogP contribution in [0.5, 0.6) is 0 Å². The predicted octanol–water partition coefficient (Wildman–Crippen LogP) is 2.22. The lowest BCUT2D eigenvalue weighted by molar-refractivity contribution is -0.139. The average molecular weight is 284 g/mol. The zero-order chi connectivity index (χ0) is 14.8. The van der Waals surface area contributed by atoms with Crippen LogP contribution < -0.4 is 5.32 Å². The minimum atomic E-state index is -0.990. The van der Waals surface area contributed by atoms with Crippen molar-refractivity contribution in [2.24, 2.45) is 5.92 Å². The van der Waals surface area contributed by atoms with Gasteiger partial charge in [-0.2, -0.15) is 0 Å². The Morgan fingerprint density at radius 1 is 1.24 bits per heavy atom. The van der Waals surface area contributed by atoms with Crippen LogP contribution in [0.1, 0.15) is 29.8 Å². The molecular weight excluding hydrogens is 268 g/mol. The first-order valence-electron chi connectivity index (χ1n) is 7.03. The molecule has 108 valence electrons. The van der Waals surface area contributed by atoms with Crippen molar-refractivity contribution in [2.45, 2.75) is 25.3 Å². The quantitative estimate of drug-likeness (QED) is 0.882. The fraction of sp³-hybridized carbons (Fsp3) is 0.312. The molecule has 0 radical (unpaired) electrons. The normalized spacial score (nSPS) is 15.6. The summed E-state index contributed by atoms with van der Waals surface area (Å²) in [6.45, 7) is 0. The number of aliphatic carboxylic acids is 1. The minimum Gasteiger partial charge on any atom is -0.480 e. The molecule has 3 rings (SSSR count). The zero-order valence-electron chi connectivity index (χ0n) is 11.5. The molecule has 1 aromatic heterocycles. The number of fused-ring (bicyclic) bond motifs is 1. The third-order valence-corrected chi connectivity index (χ3v) is 3.70. The number of nitrogens with zero attached hydrogens (tertiary/aromatic N) is 1. The van der Waals surface area contributed by atoms with Crippen LogP contribution in [0.4, 0.5) is 0 Å². The number of carboxylic acid groups (broad SMARTS) is 1. The number of carboxylic acids is 1. The van der Waals surface area contributed by atoms with E-state index in [-0.39, 0.29) is 5.69 Å². The zero-order valence-corrected chi connectivity index (χ0v) is 11.5. The molecule has 0 bridgehead atoms. The van der Waals surface area contributed by atoms with Crippen LogP contribution in [0.3, 0.4) is 0 Å². The van der Waals surface area contributed by atoms with Crippen LogP contribution in [0.2, 0.25) is 0 Å². The van der Waals surface area contributed by atoms with Gasteiger partial charge in [0.1, 0.15) is 11.7 Å². The summed E-state index contributed by atoms with van der Waals surface area (Å²) < 4.78 is 0. The fourth-order valence-electron chi connectivity index (χ4n) is 2.33. The molecule has 1 amide bonds. The lowest BCUT2D eigenvalue weighted by Crippen LogP contribution is -2.41. The van der Waals surface area contributed by atoms with E-state index in [1.807, 2.05) is 30.3 Å². The molecule has 0 saturated heterocycles. The van der Waals surface area contributed by atoms with Gasteiger partial charge in [0.05, 0.1) is 5.52 Å². The predicted molar refractivity (Wildman–Crippen MR) is 78.0 cm³/mol. The van der Waals surface area contributed by atoms with Gasteiger partial charge in [-0.25, -0.2) is 9.78 Å². The van der Waals surface area contributed by atoms with E-state index in [1.54, 1.807) is 6.07 Å². The van der Waals surface area contributed by atoms with Crippen molar-refractivity contribution < 1.29 is 14.7 Å².